The molecule has 4 nitrogen and oxygen atoms in total. The van der Waals surface area contributed by atoms with Gasteiger partial charge < -0.3 is 5.11 Å². The summed E-state index contributed by atoms with van der Waals surface area (Å²) < 4.78 is 0. The van der Waals surface area contributed by atoms with Crippen molar-refractivity contribution in [1.82, 2.24) is 0 Å². The average molecular weight is 228 g/mol. The summed E-state index contributed by atoms with van der Waals surface area (Å²) in [4.78, 5) is 10.4. The van der Waals surface area contributed by atoms with Crippen molar-refractivity contribution in [2.75, 3.05) is 6.61 Å². The molecule has 5 heteroatoms. The number of rotatable bonds is 3. The van der Waals surface area contributed by atoms with Crippen molar-refractivity contribution in [3.05, 3.63) is 38.9 Å². The van der Waals surface area contributed by atoms with Gasteiger partial charge in [0.15, 0.2) is 0 Å². The van der Waals surface area contributed by atoms with E-state index in [2.05, 4.69) is 0 Å². The van der Waals surface area contributed by atoms with Crippen LogP contribution in [0.25, 0.3) is 0 Å². The molecule has 0 atom stereocenters. The molecule has 1 aromatic rings. The predicted octanol–water partition coefficient (Wildman–Crippen LogP) is 2.27. The van der Waals surface area contributed by atoms with Crippen LogP contribution >= 0.6 is 11.6 Å². The van der Waals surface area contributed by atoms with Crippen molar-refractivity contribution < 1.29 is 10.0 Å². The Morgan fingerprint density at radius 2 is 2.20 bits per heavy atom. The van der Waals surface area contributed by atoms with Gasteiger partial charge in [-0.3, -0.25) is 10.1 Å². The van der Waals surface area contributed by atoms with Gasteiger partial charge >= 0.3 is 0 Å². The van der Waals surface area contributed by atoms with Crippen LogP contribution in [0.15, 0.2) is 18.2 Å². The summed E-state index contributed by atoms with van der Waals surface area (Å²) in [6.45, 7) is -0.0857. The van der Waals surface area contributed by atoms with Crippen molar-refractivity contribution >= 4 is 17.3 Å². The molecule has 15 heavy (non-hydrogen) atoms. The second-order valence-electron chi connectivity index (χ2n) is 3.83. The molecule has 0 radical (unpaired) electrons. The highest BCUT2D eigenvalue weighted by atomic mass is 35.5. The van der Waals surface area contributed by atoms with Crippen LogP contribution in [0, 0.1) is 10.1 Å². The number of aliphatic hydroxyl groups is 1. The van der Waals surface area contributed by atoms with E-state index in [1.807, 2.05) is 0 Å². The van der Waals surface area contributed by atoms with Crippen LogP contribution in [0.4, 0.5) is 5.69 Å². The first kappa shape index (κ1) is 10.4. The third kappa shape index (κ3) is 1.60. The maximum Gasteiger partial charge on any atom is 0.274 e. The molecule has 0 amide bonds. The van der Waals surface area contributed by atoms with E-state index < -0.39 is 10.3 Å². The van der Waals surface area contributed by atoms with Gasteiger partial charge in [0.25, 0.3) is 5.69 Å². The van der Waals surface area contributed by atoms with Crippen LogP contribution < -0.4 is 0 Å². The van der Waals surface area contributed by atoms with Gasteiger partial charge in [-0.1, -0.05) is 17.7 Å². The van der Waals surface area contributed by atoms with Gasteiger partial charge in [0.2, 0.25) is 0 Å². The molecule has 0 heterocycles. The molecule has 0 aromatic heterocycles. The molecule has 1 fully saturated rings. The Kier molecular flexibility index (Phi) is 2.40. The van der Waals surface area contributed by atoms with Gasteiger partial charge in [0.1, 0.15) is 0 Å². The molecule has 1 aliphatic carbocycles. The van der Waals surface area contributed by atoms with Crippen LogP contribution in [-0.4, -0.2) is 16.6 Å². The van der Waals surface area contributed by atoms with Crippen LogP contribution in [0.5, 0.6) is 0 Å². The summed E-state index contributed by atoms with van der Waals surface area (Å²) >= 11 is 5.96. The van der Waals surface area contributed by atoms with E-state index in [1.165, 1.54) is 6.07 Å². The van der Waals surface area contributed by atoms with E-state index in [-0.39, 0.29) is 12.3 Å². The fraction of sp³-hybridized carbons (Fsp3) is 0.400. The summed E-state index contributed by atoms with van der Waals surface area (Å²) in [5.74, 6) is 0. The summed E-state index contributed by atoms with van der Waals surface area (Å²) in [5, 5.41) is 20.5. The maximum atomic E-state index is 10.8. The topological polar surface area (TPSA) is 63.4 Å². The largest absolute Gasteiger partial charge is 0.395 e. The second kappa shape index (κ2) is 3.47. The molecular weight excluding hydrogens is 218 g/mol. The highest BCUT2D eigenvalue weighted by Gasteiger charge is 2.48. The predicted molar refractivity (Wildman–Crippen MR) is 56.1 cm³/mol. The van der Waals surface area contributed by atoms with Crippen molar-refractivity contribution in [3.63, 3.8) is 0 Å². The van der Waals surface area contributed by atoms with Crippen LogP contribution in [0.3, 0.4) is 0 Å². The number of nitrogens with zero attached hydrogens (tertiary/aromatic N) is 1. The van der Waals surface area contributed by atoms with Crippen LogP contribution in [0.2, 0.25) is 5.02 Å². The van der Waals surface area contributed by atoms with E-state index in [1.54, 1.807) is 12.1 Å². The van der Waals surface area contributed by atoms with Gasteiger partial charge in [0.05, 0.1) is 22.1 Å². The smallest absolute Gasteiger partial charge is 0.274 e. The lowest BCUT2D eigenvalue weighted by molar-refractivity contribution is -0.385. The Hall–Kier alpha value is -1.13. The molecule has 0 spiro atoms. The zero-order valence-electron chi connectivity index (χ0n) is 7.94. The molecule has 1 N–H and O–H groups in total. The maximum absolute atomic E-state index is 10.8. The molecule has 1 aliphatic rings. The first-order valence-electron chi connectivity index (χ1n) is 4.65. The second-order valence-corrected chi connectivity index (χ2v) is 4.24. The Bertz CT molecular complexity index is 415. The summed E-state index contributed by atoms with van der Waals surface area (Å²) in [5.41, 5.74) is 0.0222. The molecule has 0 aliphatic heterocycles. The number of benzene rings is 1. The van der Waals surface area contributed by atoms with E-state index in [9.17, 15) is 15.2 Å². The van der Waals surface area contributed by atoms with Crippen molar-refractivity contribution in [2.24, 2.45) is 0 Å². The minimum atomic E-state index is -0.471. The number of nitro groups is 1. The van der Waals surface area contributed by atoms with E-state index >= 15 is 0 Å². The SMILES string of the molecule is O=[N+]([O-])c1cccc(Cl)c1C1(CO)CC1. The fourth-order valence-corrected chi connectivity index (χ4v) is 2.20. The zero-order valence-corrected chi connectivity index (χ0v) is 8.70. The fourth-order valence-electron chi connectivity index (χ4n) is 1.83. The van der Waals surface area contributed by atoms with Crippen molar-refractivity contribution in [3.8, 4) is 0 Å². The molecule has 1 aromatic carbocycles. The van der Waals surface area contributed by atoms with Gasteiger partial charge in [-0.15, -0.1) is 0 Å². The zero-order chi connectivity index (χ0) is 11.1. The lowest BCUT2D eigenvalue weighted by Gasteiger charge is -2.13. The van der Waals surface area contributed by atoms with Gasteiger partial charge in [-0.2, -0.15) is 0 Å². The van der Waals surface area contributed by atoms with Gasteiger partial charge in [0, 0.05) is 11.5 Å². The molecule has 1 saturated carbocycles. The Balaban J connectivity index is 2.58. The first-order chi connectivity index (χ1) is 7.10. The molecule has 0 unspecified atom stereocenters. The van der Waals surface area contributed by atoms with E-state index in [4.69, 9.17) is 11.6 Å². The molecular formula is C10H10ClNO3. The Morgan fingerprint density at radius 3 is 2.67 bits per heavy atom. The Labute approximate surface area is 91.6 Å². The molecule has 0 bridgehead atoms. The summed E-state index contributed by atoms with van der Waals surface area (Å²) in [6.07, 6.45) is 1.52. The van der Waals surface area contributed by atoms with Crippen molar-refractivity contribution in [1.29, 1.82) is 0 Å². The summed E-state index contributed by atoms with van der Waals surface area (Å²) in [6, 6.07) is 4.61. The number of hydrogen-bond acceptors (Lipinski definition) is 3. The number of nitro benzene ring substituents is 1. The van der Waals surface area contributed by atoms with E-state index in [0.29, 0.717) is 10.6 Å². The monoisotopic (exact) mass is 227 g/mol. The first-order valence-corrected chi connectivity index (χ1v) is 5.03. The third-order valence-electron chi connectivity index (χ3n) is 2.87. The average Bonchev–Trinajstić information content (AvgIpc) is 2.98. The quantitative estimate of drug-likeness (QED) is 0.636. The van der Waals surface area contributed by atoms with Gasteiger partial charge in [-0.25, -0.2) is 0 Å². The molecule has 0 saturated heterocycles. The van der Waals surface area contributed by atoms with Crippen LogP contribution in [-0.2, 0) is 5.41 Å². The van der Waals surface area contributed by atoms with E-state index in [0.717, 1.165) is 12.8 Å². The molecule has 80 valence electrons. The number of halogens is 1. The van der Waals surface area contributed by atoms with Crippen LogP contribution in [0.1, 0.15) is 18.4 Å². The standard InChI is InChI=1S/C10H10ClNO3/c11-7-2-1-3-8(12(14)15)9(7)10(6-13)4-5-10/h1-3,13H,4-6H2. The number of hydrogen-bond donors (Lipinski definition) is 1. The number of aliphatic hydroxyl groups excluding tert-OH is 1. The minimum Gasteiger partial charge on any atom is -0.395 e. The minimum absolute atomic E-state index is 0.00838. The summed E-state index contributed by atoms with van der Waals surface area (Å²) in [7, 11) is 0. The highest BCUT2D eigenvalue weighted by Crippen LogP contribution is 2.53. The third-order valence-corrected chi connectivity index (χ3v) is 3.19. The van der Waals surface area contributed by atoms with Crippen molar-refractivity contribution in [2.45, 2.75) is 18.3 Å². The lowest BCUT2D eigenvalue weighted by atomic mass is 9.95. The highest BCUT2D eigenvalue weighted by molar-refractivity contribution is 6.31. The van der Waals surface area contributed by atoms with Gasteiger partial charge in [-0.05, 0) is 18.9 Å². The Morgan fingerprint density at radius 1 is 1.53 bits per heavy atom. The molecule has 2 rings (SSSR count). The normalized spacial score (nSPS) is 17.5. The lowest BCUT2D eigenvalue weighted by Crippen LogP contribution is -2.14.